The number of esters is 4. The minimum atomic E-state index is -1.40. The van der Waals surface area contributed by atoms with Crippen LogP contribution in [0.2, 0.25) is 0 Å². The number of ether oxygens (including phenoxy) is 6. The molecule has 0 radical (unpaired) electrons. The number of aryl methyl sites for hydroxylation is 1. The zero-order valence-corrected chi connectivity index (χ0v) is 20.3. The molecular formula is C24H26O12. The Morgan fingerprint density at radius 3 is 2.06 bits per heavy atom. The highest BCUT2D eigenvalue weighted by Gasteiger charge is 2.53. The van der Waals surface area contributed by atoms with Crippen molar-refractivity contribution in [2.75, 3.05) is 6.61 Å². The van der Waals surface area contributed by atoms with Crippen LogP contribution in [0.3, 0.4) is 0 Å². The molecule has 0 unspecified atom stereocenters. The van der Waals surface area contributed by atoms with Gasteiger partial charge in [0.1, 0.15) is 24.0 Å². The van der Waals surface area contributed by atoms with Gasteiger partial charge in [0, 0.05) is 45.2 Å². The Kier molecular flexibility index (Phi) is 8.30. The van der Waals surface area contributed by atoms with Crippen molar-refractivity contribution in [3.05, 3.63) is 40.2 Å². The summed E-state index contributed by atoms with van der Waals surface area (Å²) in [5.74, 6) is -2.73. The molecule has 1 aromatic carbocycles. The molecule has 12 nitrogen and oxygen atoms in total. The van der Waals surface area contributed by atoms with E-state index in [1.54, 1.807) is 19.1 Å². The van der Waals surface area contributed by atoms with Crippen LogP contribution < -0.4 is 10.4 Å². The van der Waals surface area contributed by atoms with Crippen LogP contribution in [0.4, 0.5) is 0 Å². The Balaban J connectivity index is 2.02. The smallest absolute Gasteiger partial charge is 0.336 e. The van der Waals surface area contributed by atoms with Crippen LogP contribution in [-0.4, -0.2) is 61.2 Å². The molecule has 3 rings (SSSR count). The van der Waals surface area contributed by atoms with E-state index in [9.17, 15) is 24.0 Å². The third-order valence-corrected chi connectivity index (χ3v) is 5.12. The van der Waals surface area contributed by atoms with Gasteiger partial charge in [-0.15, -0.1) is 0 Å². The molecule has 12 heteroatoms. The second kappa shape index (κ2) is 11.2. The Labute approximate surface area is 205 Å². The standard InChI is InChI=1S/C24H26O12/c1-11-8-20(29)35-18-9-16(6-7-17(11)18)34-24-23(33-15(5)28)22(32-14(4)27)21(31-13(3)26)19(36-24)10-30-12(2)25/h6-9,19,21-24H,10H2,1-5H3/t19-,21+,22+,23+,24+/m1/s1. The number of carbonyl (C=O) groups excluding carboxylic acids is 4. The SMILES string of the molecule is CC(=O)OC[C@H]1O[C@H](Oc2ccc3c(C)cc(=O)oc3c2)[C@@H](OC(C)=O)[C@@H](OC(C)=O)[C@H]1OC(C)=O. The van der Waals surface area contributed by atoms with Gasteiger partial charge >= 0.3 is 29.5 Å². The summed E-state index contributed by atoms with van der Waals surface area (Å²) in [6.45, 7) is 5.91. The van der Waals surface area contributed by atoms with Gasteiger partial charge in [0.15, 0.2) is 12.2 Å². The third-order valence-electron chi connectivity index (χ3n) is 5.12. The number of fused-ring (bicyclic) bond motifs is 1. The lowest BCUT2D eigenvalue weighted by atomic mass is 9.98. The van der Waals surface area contributed by atoms with Crippen molar-refractivity contribution in [2.45, 2.75) is 65.3 Å². The number of benzene rings is 1. The van der Waals surface area contributed by atoms with E-state index in [-0.39, 0.29) is 17.9 Å². The molecule has 0 bridgehead atoms. The van der Waals surface area contributed by atoms with Crippen LogP contribution >= 0.6 is 0 Å². The van der Waals surface area contributed by atoms with Crippen molar-refractivity contribution < 1.29 is 52.0 Å². The first-order valence-electron chi connectivity index (χ1n) is 11.0. The molecule has 0 saturated carbocycles. The Hall–Kier alpha value is -3.93. The lowest BCUT2D eigenvalue weighted by Crippen LogP contribution is -2.63. The van der Waals surface area contributed by atoms with E-state index in [2.05, 4.69) is 0 Å². The van der Waals surface area contributed by atoms with Crippen molar-refractivity contribution in [3.63, 3.8) is 0 Å². The third kappa shape index (κ3) is 6.60. The van der Waals surface area contributed by atoms with E-state index in [0.29, 0.717) is 10.9 Å². The number of carbonyl (C=O) groups is 4. The highest BCUT2D eigenvalue weighted by atomic mass is 16.7. The van der Waals surface area contributed by atoms with E-state index in [1.807, 2.05) is 0 Å². The first kappa shape index (κ1) is 26.7. The fourth-order valence-electron chi connectivity index (χ4n) is 3.80. The summed E-state index contributed by atoms with van der Waals surface area (Å²) in [6, 6.07) is 6.03. The molecule has 2 aromatic rings. The molecule has 1 aromatic heterocycles. The van der Waals surface area contributed by atoms with Gasteiger partial charge in [-0.25, -0.2) is 4.79 Å². The van der Waals surface area contributed by atoms with Gasteiger partial charge in [-0.05, 0) is 24.6 Å². The molecule has 1 saturated heterocycles. The summed E-state index contributed by atoms with van der Waals surface area (Å²) < 4.78 is 38.2. The van der Waals surface area contributed by atoms with Crippen LogP contribution in [-0.2, 0) is 42.9 Å². The normalized spacial score (nSPS) is 23.4. The lowest BCUT2D eigenvalue weighted by molar-refractivity contribution is -0.288. The van der Waals surface area contributed by atoms with Gasteiger partial charge < -0.3 is 32.8 Å². The summed E-state index contributed by atoms with van der Waals surface area (Å²) in [5, 5.41) is 0.670. The Bertz CT molecular complexity index is 1220. The van der Waals surface area contributed by atoms with E-state index in [4.69, 9.17) is 32.8 Å². The van der Waals surface area contributed by atoms with Crippen LogP contribution in [0.15, 0.2) is 33.5 Å². The first-order valence-corrected chi connectivity index (χ1v) is 11.0. The van der Waals surface area contributed by atoms with Crippen molar-refractivity contribution >= 4 is 34.8 Å². The molecule has 0 spiro atoms. The monoisotopic (exact) mass is 506 g/mol. The predicted octanol–water partition coefficient (Wildman–Crippen LogP) is 1.56. The van der Waals surface area contributed by atoms with Crippen LogP contribution in [0.25, 0.3) is 11.0 Å². The van der Waals surface area contributed by atoms with Crippen molar-refractivity contribution in [3.8, 4) is 5.75 Å². The Morgan fingerprint density at radius 1 is 0.833 bits per heavy atom. The molecule has 0 N–H and O–H groups in total. The fraction of sp³-hybridized carbons (Fsp3) is 0.458. The van der Waals surface area contributed by atoms with Gasteiger partial charge in [-0.2, -0.15) is 0 Å². The molecule has 0 amide bonds. The molecular weight excluding hydrogens is 480 g/mol. The maximum absolute atomic E-state index is 11.9. The molecule has 36 heavy (non-hydrogen) atoms. The highest BCUT2D eigenvalue weighted by Crippen LogP contribution is 2.32. The van der Waals surface area contributed by atoms with Gasteiger partial charge in [0.25, 0.3) is 0 Å². The average Bonchev–Trinajstić information content (AvgIpc) is 2.75. The van der Waals surface area contributed by atoms with Gasteiger partial charge in [-0.3, -0.25) is 19.2 Å². The average molecular weight is 506 g/mol. The zero-order valence-electron chi connectivity index (χ0n) is 20.3. The second-order valence-electron chi connectivity index (χ2n) is 8.09. The first-order chi connectivity index (χ1) is 16.9. The van der Waals surface area contributed by atoms with E-state index in [1.165, 1.54) is 19.1 Å². The van der Waals surface area contributed by atoms with Crippen molar-refractivity contribution in [1.82, 2.24) is 0 Å². The lowest BCUT2D eigenvalue weighted by Gasteiger charge is -2.43. The molecule has 0 aliphatic carbocycles. The molecule has 1 aliphatic heterocycles. The van der Waals surface area contributed by atoms with Gasteiger partial charge in [0.05, 0.1) is 0 Å². The summed E-state index contributed by atoms with van der Waals surface area (Å²) in [7, 11) is 0. The molecule has 1 aliphatic rings. The van der Waals surface area contributed by atoms with Gasteiger partial charge in [-0.1, -0.05) is 0 Å². The van der Waals surface area contributed by atoms with Crippen LogP contribution in [0.1, 0.15) is 33.3 Å². The van der Waals surface area contributed by atoms with Gasteiger partial charge in [0.2, 0.25) is 12.4 Å². The van der Waals surface area contributed by atoms with E-state index in [0.717, 1.165) is 20.8 Å². The largest absolute Gasteiger partial charge is 0.463 e. The molecule has 1 fully saturated rings. The maximum Gasteiger partial charge on any atom is 0.336 e. The molecule has 2 heterocycles. The van der Waals surface area contributed by atoms with Crippen LogP contribution in [0.5, 0.6) is 5.75 Å². The highest BCUT2D eigenvalue weighted by molar-refractivity contribution is 5.81. The number of rotatable bonds is 7. The predicted molar refractivity (Wildman–Crippen MR) is 120 cm³/mol. The van der Waals surface area contributed by atoms with E-state index >= 15 is 0 Å². The summed E-state index contributed by atoms with van der Waals surface area (Å²) >= 11 is 0. The number of hydrogen-bond donors (Lipinski definition) is 0. The summed E-state index contributed by atoms with van der Waals surface area (Å²) in [5.41, 5.74) is 0.382. The minimum absolute atomic E-state index is 0.164. The maximum atomic E-state index is 11.9. The topological polar surface area (TPSA) is 154 Å². The van der Waals surface area contributed by atoms with E-state index < -0.39 is 60.2 Å². The summed E-state index contributed by atoms with van der Waals surface area (Å²) in [6.07, 6.45) is -6.61. The fourth-order valence-corrected chi connectivity index (χ4v) is 3.80. The Morgan fingerprint density at radius 2 is 1.44 bits per heavy atom. The quantitative estimate of drug-likeness (QED) is 0.304. The van der Waals surface area contributed by atoms with Crippen molar-refractivity contribution in [2.24, 2.45) is 0 Å². The minimum Gasteiger partial charge on any atom is -0.463 e. The molecule has 194 valence electrons. The number of hydrogen-bond acceptors (Lipinski definition) is 12. The van der Waals surface area contributed by atoms with Crippen molar-refractivity contribution in [1.29, 1.82) is 0 Å². The molecule has 5 atom stereocenters. The zero-order chi connectivity index (χ0) is 26.6. The van der Waals surface area contributed by atoms with Crippen LogP contribution in [0, 0.1) is 6.92 Å². The summed E-state index contributed by atoms with van der Waals surface area (Å²) in [4.78, 5) is 58.9. The second-order valence-corrected chi connectivity index (χ2v) is 8.09.